The summed E-state index contributed by atoms with van der Waals surface area (Å²) in [5.74, 6) is 0.891. The van der Waals surface area contributed by atoms with E-state index in [9.17, 15) is 0 Å². The minimum atomic E-state index is 0. The predicted octanol–water partition coefficient (Wildman–Crippen LogP) is 4.04. The lowest BCUT2D eigenvalue weighted by Gasteiger charge is -2.08. The SMILES string of the molecule is COc1ccc(CNc2cnn(C3CCCC3)c2)cc1.Cl. The van der Waals surface area contributed by atoms with Crippen molar-refractivity contribution >= 4 is 18.1 Å². The van der Waals surface area contributed by atoms with Crippen molar-refractivity contribution in [3.63, 3.8) is 0 Å². The number of nitrogens with zero attached hydrogens (tertiary/aromatic N) is 2. The Labute approximate surface area is 131 Å². The maximum absolute atomic E-state index is 5.16. The molecule has 0 aliphatic heterocycles. The van der Waals surface area contributed by atoms with Crippen LogP contribution >= 0.6 is 12.4 Å². The van der Waals surface area contributed by atoms with Crippen molar-refractivity contribution < 1.29 is 4.74 Å². The lowest BCUT2D eigenvalue weighted by molar-refractivity contribution is 0.414. The smallest absolute Gasteiger partial charge is 0.118 e. The first-order valence-electron chi connectivity index (χ1n) is 7.26. The van der Waals surface area contributed by atoms with E-state index < -0.39 is 0 Å². The summed E-state index contributed by atoms with van der Waals surface area (Å²) >= 11 is 0. The van der Waals surface area contributed by atoms with Crippen LogP contribution in [-0.4, -0.2) is 16.9 Å². The highest BCUT2D eigenvalue weighted by Gasteiger charge is 2.17. The van der Waals surface area contributed by atoms with Gasteiger partial charge in [0.2, 0.25) is 0 Å². The number of ether oxygens (including phenoxy) is 1. The number of hydrogen-bond acceptors (Lipinski definition) is 3. The molecule has 1 heterocycles. The van der Waals surface area contributed by atoms with Gasteiger partial charge < -0.3 is 10.1 Å². The zero-order valence-electron chi connectivity index (χ0n) is 12.3. The fourth-order valence-electron chi connectivity index (χ4n) is 2.75. The van der Waals surface area contributed by atoms with E-state index in [0.717, 1.165) is 18.0 Å². The number of hydrogen-bond donors (Lipinski definition) is 1. The van der Waals surface area contributed by atoms with Crippen LogP contribution in [0.15, 0.2) is 36.7 Å². The van der Waals surface area contributed by atoms with Crippen LogP contribution in [0.2, 0.25) is 0 Å². The first kappa shape index (κ1) is 15.7. The van der Waals surface area contributed by atoms with Gasteiger partial charge >= 0.3 is 0 Å². The molecule has 4 nitrogen and oxygen atoms in total. The molecule has 0 amide bonds. The summed E-state index contributed by atoms with van der Waals surface area (Å²) in [6.45, 7) is 0.806. The van der Waals surface area contributed by atoms with Crippen molar-refractivity contribution in [2.24, 2.45) is 0 Å². The van der Waals surface area contributed by atoms with Crippen LogP contribution in [0, 0.1) is 0 Å². The molecule has 0 spiro atoms. The average Bonchev–Trinajstić information content (AvgIpc) is 3.16. The molecule has 1 aliphatic carbocycles. The third-order valence-electron chi connectivity index (χ3n) is 3.96. The second kappa shape index (κ2) is 7.36. The van der Waals surface area contributed by atoms with Gasteiger partial charge in [-0.25, -0.2) is 0 Å². The molecule has 1 aliphatic rings. The van der Waals surface area contributed by atoms with Crippen LogP contribution in [-0.2, 0) is 6.54 Å². The van der Waals surface area contributed by atoms with Crippen molar-refractivity contribution in [1.29, 1.82) is 0 Å². The Morgan fingerprint density at radius 2 is 1.95 bits per heavy atom. The molecule has 1 N–H and O–H groups in total. The zero-order valence-corrected chi connectivity index (χ0v) is 13.1. The van der Waals surface area contributed by atoms with E-state index in [1.54, 1.807) is 7.11 Å². The highest BCUT2D eigenvalue weighted by Crippen LogP contribution is 2.29. The zero-order chi connectivity index (χ0) is 13.8. The van der Waals surface area contributed by atoms with E-state index in [1.807, 2.05) is 18.3 Å². The standard InChI is InChI=1S/C16H21N3O.ClH/c1-20-16-8-6-13(7-9-16)10-17-14-11-18-19(12-14)15-4-2-3-5-15;/h6-9,11-12,15,17H,2-5,10H2,1H3;1H. The summed E-state index contributed by atoms with van der Waals surface area (Å²) < 4.78 is 7.27. The minimum absolute atomic E-state index is 0. The molecule has 0 atom stereocenters. The van der Waals surface area contributed by atoms with Crippen molar-refractivity contribution in [2.45, 2.75) is 38.3 Å². The molecule has 114 valence electrons. The summed E-state index contributed by atoms with van der Waals surface area (Å²) in [7, 11) is 1.69. The minimum Gasteiger partial charge on any atom is -0.497 e. The topological polar surface area (TPSA) is 39.1 Å². The lowest BCUT2D eigenvalue weighted by Crippen LogP contribution is -2.04. The Balaban J connectivity index is 0.00000161. The lowest BCUT2D eigenvalue weighted by atomic mass is 10.2. The van der Waals surface area contributed by atoms with Crippen LogP contribution in [0.5, 0.6) is 5.75 Å². The molecule has 21 heavy (non-hydrogen) atoms. The summed E-state index contributed by atoms with van der Waals surface area (Å²) in [6, 6.07) is 8.73. The van der Waals surface area contributed by atoms with Crippen molar-refractivity contribution in [1.82, 2.24) is 9.78 Å². The molecule has 0 saturated heterocycles. The van der Waals surface area contributed by atoms with E-state index in [2.05, 4.69) is 33.4 Å². The van der Waals surface area contributed by atoms with Crippen molar-refractivity contribution in [2.75, 3.05) is 12.4 Å². The predicted molar refractivity (Wildman–Crippen MR) is 87.3 cm³/mol. The van der Waals surface area contributed by atoms with Gasteiger partial charge in [-0.3, -0.25) is 4.68 Å². The van der Waals surface area contributed by atoms with Gasteiger partial charge in [0.15, 0.2) is 0 Å². The first-order valence-corrected chi connectivity index (χ1v) is 7.26. The molecule has 2 aromatic rings. The largest absolute Gasteiger partial charge is 0.497 e. The maximum Gasteiger partial charge on any atom is 0.118 e. The molecule has 0 radical (unpaired) electrons. The number of rotatable bonds is 5. The molecule has 0 bridgehead atoms. The summed E-state index contributed by atoms with van der Waals surface area (Å²) in [6.07, 6.45) is 9.23. The Bertz CT molecular complexity index is 547. The summed E-state index contributed by atoms with van der Waals surface area (Å²) in [5.41, 5.74) is 2.33. The van der Waals surface area contributed by atoms with E-state index in [0.29, 0.717) is 6.04 Å². The van der Waals surface area contributed by atoms with Crippen molar-refractivity contribution in [3.8, 4) is 5.75 Å². The normalized spacial score (nSPS) is 14.7. The fraction of sp³-hybridized carbons (Fsp3) is 0.438. The Kier molecular flexibility index (Phi) is 5.51. The van der Waals surface area contributed by atoms with Crippen LogP contribution in [0.25, 0.3) is 0 Å². The van der Waals surface area contributed by atoms with E-state index >= 15 is 0 Å². The second-order valence-electron chi connectivity index (χ2n) is 5.35. The van der Waals surface area contributed by atoms with Gasteiger partial charge in [0.25, 0.3) is 0 Å². The number of aromatic nitrogens is 2. The molecule has 5 heteroatoms. The van der Waals surface area contributed by atoms with E-state index in [-0.39, 0.29) is 12.4 Å². The molecule has 1 fully saturated rings. The van der Waals surface area contributed by atoms with Gasteiger partial charge in [-0.1, -0.05) is 25.0 Å². The van der Waals surface area contributed by atoms with Crippen LogP contribution in [0.4, 0.5) is 5.69 Å². The number of benzene rings is 1. The number of nitrogens with one attached hydrogen (secondary N) is 1. The third-order valence-corrected chi connectivity index (χ3v) is 3.96. The highest BCUT2D eigenvalue weighted by molar-refractivity contribution is 5.85. The molecule has 1 aromatic carbocycles. The quantitative estimate of drug-likeness (QED) is 0.906. The second-order valence-corrected chi connectivity index (χ2v) is 5.35. The first-order chi connectivity index (χ1) is 9.85. The molecule has 3 rings (SSSR count). The van der Waals surface area contributed by atoms with Gasteiger partial charge in [0.1, 0.15) is 5.75 Å². The number of methoxy groups -OCH3 is 1. The Hall–Kier alpha value is -1.68. The Morgan fingerprint density at radius 1 is 1.24 bits per heavy atom. The fourth-order valence-corrected chi connectivity index (χ4v) is 2.75. The summed E-state index contributed by atoms with van der Waals surface area (Å²) in [4.78, 5) is 0. The highest BCUT2D eigenvalue weighted by atomic mass is 35.5. The maximum atomic E-state index is 5.16. The van der Waals surface area contributed by atoms with Gasteiger partial charge in [-0.05, 0) is 30.5 Å². The molecular formula is C16H22ClN3O. The monoisotopic (exact) mass is 307 g/mol. The van der Waals surface area contributed by atoms with Gasteiger partial charge in [-0.15, -0.1) is 12.4 Å². The van der Waals surface area contributed by atoms with E-state index in [1.165, 1.54) is 31.2 Å². The van der Waals surface area contributed by atoms with Crippen LogP contribution in [0.1, 0.15) is 37.3 Å². The number of halogens is 1. The third kappa shape index (κ3) is 3.91. The van der Waals surface area contributed by atoms with Crippen molar-refractivity contribution in [3.05, 3.63) is 42.2 Å². The van der Waals surface area contributed by atoms with Crippen LogP contribution < -0.4 is 10.1 Å². The molecule has 0 unspecified atom stereocenters. The Morgan fingerprint density at radius 3 is 2.62 bits per heavy atom. The molecule has 1 saturated carbocycles. The summed E-state index contributed by atoms with van der Waals surface area (Å²) in [5, 5.41) is 7.89. The van der Waals surface area contributed by atoms with Gasteiger partial charge in [-0.2, -0.15) is 5.10 Å². The average molecular weight is 308 g/mol. The van der Waals surface area contributed by atoms with E-state index in [4.69, 9.17) is 4.74 Å². The van der Waals surface area contributed by atoms with Gasteiger partial charge in [0, 0.05) is 12.7 Å². The number of anilines is 1. The van der Waals surface area contributed by atoms with Gasteiger partial charge in [0.05, 0.1) is 25.0 Å². The molecular weight excluding hydrogens is 286 g/mol. The van der Waals surface area contributed by atoms with Crippen LogP contribution in [0.3, 0.4) is 0 Å². The molecule has 1 aromatic heterocycles.